The van der Waals surface area contributed by atoms with Gasteiger partial charge in [0.25, 0.3) is 11.8 Å². The molecule has 0 saturated carbocycles. The summed E-state index contributed by atoms with van der Waals surface area (Å²) in [6, 6.07) is 0. The predicted molar refractivity (Wildman–Crippen MR) is 51.7 cm³/mol. The number of hydroxylamine groups is 2. The maximum atomic E-state index is 11.2. The minimum Gasteiger partial charge on any atom is -0.330 e. The lowest BCUT2D eigenvalue weighted by atomic mass is 10.2. The Labute approximate surface area is 92.5 Å². The van der Waals surface area contributed by atoms with E-state index in [1.807, 2.05) is 0 Å². The highest BCUT2D eigenvalue weighted by molar-refractivity contribution is 6.01. The number of carbonyl (C=O) groups excluding carboxylic acids is 4. The Balaban J connectivity index is 2.25. The van der Waals surface area contributed by atoms with Crippen molar-refractivity contribution in [2.24, 2.45) is 0 Å². The smallest absolute Gasteiger partial charge is 0.330 e. The number of aldehydes is 1. The summed E-state index contributed by atoms with van der Waals surface area (Å²) in [4.78, 5) is 48.0. The summed E-state index contributed by atoms with van der Waals surface area (Å²) in [5, 5.41) is 0.530. The topological polar surface area (TPSA) is 80.8 Å². The van der Waals surface area contributed by atoms with Gasteiger partial charge in [-0.3, -0.25) is 9.59 Å². The van der Waals surface area contributed by atoms with Crippen molar-refractivity contribution in [3.05, 3.63) is 0 Å². The zero-order valence-electron chi connectivity index (χ0n) is 8.81. The molecule has 0 unspecified atom stereocenters. The van der Waals surface area contributed by atoms with Crippen LogP contribution < -0.4 is 0 Å². The highest BCUT2D eigenvalue weighted by atomic mass is 16.7. The first-order valence-electron chi connectivity index (χ1n) is 5.15. The van der Waals surface area contributed by atoms with E-state index in [-0.39, 0.29) is 19.3 Å². The van der Waals surface area contributed by atoms with E-state index in [0.717, 1.165) is 6.29 Å². The molecule has 1 heterocycles. The average molecular weight is 227 g/mol. The van der Waals surface area contributed by atoms with Gasteiger partial charge < -0.3 is 9.63 Å². The molecule has 0 spiro atoms. The van der Waals surface area contributed by atoms with Gasteiger partial charge in [0, 0.05) is 25.7 Å². The first kappa shape index (κ1) is 12.4. The Morgan fingerprint density at radius 2 is 1.88 bits per heavy atom. The Morgan fingerprint density at radius 3 is 2.44 bits per heavy atom. The second-order valence-corrected chi connectivity index (χ2v) is 3.46. The van der Waals surface area contributed by atoms with Gasteiger partial charge in [-0.15, -0.1) is 5.06 Å². The molecule has 1 aliphatic rings. The molecule has 6 heteroatoms. The van der Waals surface area contributed by atoms with Crippen molar-refractivity contribution in [2.75, 3.05) is 0 Å². The van der Waals surface area contributed by atoms with Gasteiger partial charge in [0.2, 0.25) is 0 Å². The summed E-state index contributed by atoms with van der Waals surface area (Å²) in [6.45, 7) is 0. The summed E-state index contributed by atoms with van der Waals surface area (Å²) < 4.78 is 0. The lowest BCUT2D eigenvalue weighted by Gasteiger charge is -2.12. The van der Waals surface area contributed by atoms with Crippen LogP contribution in [0.25, 0.3) is 0 Å². The highest BCUT2D eigenvalue weighted by Gasteiger charge is 2.32. The van der Waals surface area contributed by atoms with Crippen LogP contribution in [-0.2, 0) is 24.0 Å². The van der Waals surface area contributed by atoms with Crippen LogP contribution in [-0.4, -0.2) is 29.1 Å². The predicted octanol–water partition coefficient (Wildman–Crippen LogP) is 0.353. The minimum absolute atomic E-state index is 0.0945. The molecule has 0 atom stereocenters. The number of rotatable bonds is 6. The molecule has 0 aromatic rings. The second kappa shape index (κ2) is 5.99. The van der Waals surface area contributed by atoms with Crippen molar-refractivity contribution in [1.29, 1.82) is 0 Å². The molecular weight excluding hydrogens is 214 g/mol. The normalized spacial score (nSPS) is 15.4. The molecule has 0 radical (unpaired) electrons. The van der Waals surface area contributed by atoms with Gasteiger partial charge in [-0.1, -0.05) is 0 Å². The fraction of sp³-hybridized carbons (Fsp3) is 0.600. The zero-order chi connectivity index (χ0) is 12.0. The van der Waals surface area contributed by atoms with Crippen molar-refractivity contribution in [3.63, 3.8) is 0 Å². The van der Waals surface area contributed by atoms with Crippen LogP contribution in [0.4, 0.5) is 0 Å². The molecule has 16 heavy (non-hydrogen) atoms. The molecule has 0 aromatic heterocycles. The first-order valence-corrected chi connectivity index (χ1v) is 5.15. The molecule has 88 valence electrons. The Morgan fingerprint density at radius 1 is 1.25 bits per heavy atom. The molecule has 1 rings (SSSR count). The fourth-order valence-corrected chi connectivity index (χ4v) is 1.30. The van der Waals surface area contributed by atoms with Crippen molar-refractivity contribution in [3.8, 4) is 0 Å². The van der Waals surface area contributed by atoms with Gasteiger partial charge >= 0.3 is 5.97 Å². The van der Waals surface area contributed by atoms with Gasteiger partial charge in [-0.05, 0) is 12.8 Å². The van der Waals surface area contributed by atoms with Crippen LogP contribution in [0.3, 0.4) is 0 Å². The largest absolute Gasteiger partial charge is 0.333 e. The van der Waals surface area contributed by atoms with Gasteiger partial charge in [0.15, 0.2) is 0 Å². The second-order valence-electron chi connectivity index (χ2n) is 3.46. The molecule has 1 saturated heterocycles. The van der Waals surface area contributed by atoms with Crippen LogP contribution in [0.15, 0.2) is 0 Å². The monoisotopic (exact) mass is 227 g/mol. The third-order valence-electron chi connectivity index (χ3n) is 2.15. The SMILES string of the molecule is O=CCCCCC(=O)ON1C(=O)CCC1=O. The molecule has 0 N–H and O–H groups in total. The number of nitrogens with zero attached hydrogens (tertiary/aromatic N) is 1. The molecule has 6 nitrogen and oxygen atoms in total. The first-order chi connectivity index (χ1) is 7.65. The third kappa shape index (κ3) is 3.45. The number of unbranched alkanes of at least 4 members (excludes halogenated alkanes) is 2. The molecule has 1 fully saturated rings. The van der Waals surface area contributed by atoms with Gasteiger partial charge in [0.05, 0.1) is 0 Å². The summed E-state index contributed by atoms with van der Waals surface area (Å²) >= 11 is 0. The van der Waals surface area contributed by atoms with Crippen LogP contribution in [0, 0.1) is 0 Å². The summed E-state index contributed by atoms with van der Waals surface area (Å²) in [7, 11) is 0. The van der Waals surface area contributed by atoms with Crippen LogP contribution >= 0.6 is 0 Å². The van der Waals surface area contributed by atoms with E-state index in [0.29, 0.717) is 24.3 Å². The van der Waals surface area contributed by atoms with E-state index in [4.69, 9.17) is 0 Å². The molecule has 0 aliphatic carbocycles. The maximum absolute atomic E-state index is 11.2. The van der Waals surface area contributed by atoms with Crippen molar-refractivity contribution < 1.29 is 24.0 Å². The number of amides is 2. The highest BCUT2D eigenvalue weighted by Crippen LogP contribution is 2.13. The van der Waals surface area contributed by atoms with Gasteiger partial charge in [0.1, 0.15) is 6.29 Å². The summed E-state index contributed by atoms with van der Waals surface area (Å²) in [6.07, 6.45) is 2.57. The fourth-order valence-electron chi connectivity index (χ4n) is 1.30. The van der Waals surface area contributed by atoms with E-state index < -0.39 is 17.8 Å². The maximum Gasteiger partial charge on any atom is 0.333 e. The van der Waals surface area contributed by atoms with E-state index in [1.165, 1.54) is 0 Å². The van der Waals surface area contributed by atoms with E-state index in [1.54, 1.807) is 0 Å². The van der Waals surface area contributed by atoms with Crippen LogP contribution in [0.1, 0.15) is 38.5 Å². The van der Waals surface area contributed by atoms with E-state index in [2.05, 4.69) is 4.84 Å². The minimum atomic E-state index is -0.616. The van der Waals surface area contributed by atoms with E-state index >= 15 is 0 Å². The Kier molecular flexibility index (Phi) is 4.63. The number of hydrogen-bond acceptors (Lipinski definition) is 5. The van der Waals surface area contributed by atoms with Gasteiger partial charge in [-0.25, -0.2) is 4.79 Å². The molecule has 0 bridgehead atoms. The summed E-state index contributed by atoms with van der Waals surface area (Å²) in [5.74, 6) is -1.58. The lowest BCUT2D eigenvalue weighted by Crippen LogP contribution is -2.31. The quantitative estimate of drug-likeness (QED) is 0.371. The number of hydrogen-bond donors (Lipinski definition) is 0. The van der Waals surface area contributed by atoms with Crippen LogP contribution in [0.5, 0.6) is 0 Å². The number of carbonyl (C=O) groups is 4. The standard InChI is InChI=1S/C10H13NO5/c12-7-3-1-2-4-10(15)16-11-8(13)5-6-9(11)14/h7H,1-6H2. The van der Waals surface area contributed by atoms with Crippen molar-refractivity contribution in [1.82, 2.24) is 5.06 Å². The third-order valence-corrected chi connectivity index (χ3v) is 2.15. The van der Waals surface area contributed by atoms with Crippen molar-refractivity contribution >= 4 is 24.1 Å². The zero-order valence-corrected chi connectivity index (χ0v) is 8.81. The summed E-state index contributed by atoms with van der Waals surface area (Å²) in [5.41, 5.74) is 0. The Bertz CT molecular complexity index is 296. The van der Waals surface area contributed by atoms with E-state index in [9.17, 15) is 19.2 Å². The molecule has 0 aromatic carbocycles. The number of imide groups is 1. The molecule has 2 amide bonds. The van der Waals surface area contributed by atoms with Gasteiger partial charge in [-0.2, -0.15) is 0 Å². The lowest BCUT2D eigenvalue weighted by molar-refractivity contribution is -0.197. The molecular formula is C10H13NO5. The van der Waals surface area contributed by atoms with Crippen molar-refractivity contribution in [2.45, 2.75) is 38.5 Å². The van der Waals surface area contributed by atoms with Crippen LogP contribution in [0.2, 0.25) is 0 Å². The Hall–Kier alpha value is -1.72. The average Bonchev–Trinajstić information content (AvgIpc) is 2.56. The molecule has 1 aliphatic heterocycles.